The second-order valence-electron chi connectivity index (χ2n) is 13.6. The molecule has 40 heavy (non-hydrogen) atoms. The Balaban J connectivity index is 1.59. The summed E-state index contributed by atoms with van der Waals surface area (Å²) in [6.45, 7) is 13.9. The molecule has 1 N–H and O–H groups in total. The Labute approximate surface area is 238 Å². The van der Waals surface area contributed by atoms with E-state index in [0.717, 1.165) is 29.5 Å². The molecule has 3 aliphatic carbocycles. The average molecular weight is 567 g/mol. The summed E-state index contributed by atoms with van der Waals surface area (Å²) in [5, 5.41) is 10.3. The van der Waals surface area contributed by atoms with Crippen molar-refractivity contribution in [2.75, 3.05) is 5.75 Å². The minimum atomic E-state index is -3.39. The molecule has 6 atom stereocenters. The van der Waals surface area contributed by atoms with Crippen molar-refractivity contribution in [1.29, 1.82) is 0 Å². The first kappa shape index (κ1) is 29.0. The summed E-state index contributed by atoms with van der Waals surface area (Å²) in [6, 6.07) is 3.89. The minimum absolute atomic E-state index is 0.0327. The maximum absolute atomic E-state index is 14.2. The van der Waals surface area contributed by atoms with Crippen LogP contribution in [-0.4, -0.2) is 36.8 Å². The fourth-order valence-electron chi connectivity index (χ4n) is 8.61. The van der Waals surface area contributed by atoms with Gasteiger partial charge in [-0.3, -0.25) is 14.4 Å². The smallest absolute Gasteiger partial charge is 0.309 e. The molecule has 6 nitrogen and oxygen atoms in total. The lowest BCUT2D eigenvalue weighted by atomic mass is 9.54. The summed E-state index contributed by atoms with van der Waals surface area (Å²) in [4.78, 5) is 41.3. The van der Waals surface area contributed by atoms with Gasteiger partial charge >= 0.3 is 5.97 Å². The molecule has 1 aliphatic heterocycles. The fraction of sp³-hybridized carbons (Fsp3) is 0.606. The Hall–Kier alpha value is -2.54. The van der Waals surface area contributed by atoms with Gasteiger partial charge in [-0.15, -0.1) is 6.58 Å². The van der Waals surface area contributed by atoms with Gasteiger partial charge in [-0.05, 0) is 86.8 Å². The van der Waals surface area contributed by atoms with E-state index < -0.39 is 39.0 Å². The van der Waals surface area contributed by atoms with E-state index in [1.807, 2.05) is 25.1 Å². The van der Waals surface area contributed by atoms with E-state index in [1.165, 1.54) is 0 Å². The van der Waals surface area contributed by atoms with E-state index in [0.29, 0.717) is 48.1 Å². The number of sulfone groups is 1. The number of carboxylic acid groups (broad SMARTS) is 1. The highest BCUT2D eigenvalue weighted by molar-refractivity contribution is 7.95. The summed E-state index contributed by atoms with van der Waals surface area (Å²) in [5.41, 5.74) is 2.14. The third-order valence-corrected chi connectivity index (χ3v) is 13.0. The van der Waals surface area contributed by atoms with Crippen molar-refractivity contribution >= 4 is 27.4 Å². The molecule has 1 aromatic rings. The molecule has 0 amide bonds. The van der Waals surface area contributed by atoms with Crippen LogP contribution in [0.1, 0.15) is 111 Å². The Morgan fingerprint density at radius 2 is 1.85 bits per heavy atom. The van der Waals surface area contributed by atoms with Crippen LogP contribution in [0, 0.1) is 34.5 Å². The number of carbonyl (C=O) groups is 3. The number of benzene rings is 1. The largest absolute Gasteiger partial charge is 0.481 e. The van der Waals surface area contributed by atoms with E-state index in [2.05, 4.69) is 27.4 Å². The standard InChI is InChI=1S/C33H42O6S/c1-7-32(5)12-8-13-33(6,31(36)37)25(32)10-9-20-16-21(18(2)3)17-24-26(20)28(34)23-15-19(4)30-22(27(23)29(24)35)11-14-40(30,38)39/h7,16-18,22-23,25,27H,1,8-15H2,2-6H3,(H,36,37). The van der Waals surface area contributed by atoms with Gasteiger partial charge in [-0.25, -0.2) is 8.42 Å². The number of carboxylic acids is 1. The van der Waals surface area contributed by atoms with Crippen molar-refractivity contribution in [3.05, 3.63) is 57.5 Å². The molecular weight excluding hydrogens is 524 g/mol. The van der Waals surface area contributed by atoms with Crippen LogP contribution in [0.5, 0.6) is 0 Å². The van der Waals surface area contributed by atoms with Crippen LogP contribution in [0.25, 0.3) is 0 Å². The molecule has 1 saturated heterocycles. The van der Waals surface area contributed by atoms with Gasteiger partial charge < -0.3 is 5.11 Å². The number of carbonyl (C=O) groups excluding carboxylic acids is 2. The molecule has 0 bridgehead atoms. The highest BCUT2D eigenvalue weighted by Gasteiger charge is 2.55. The molecule has 1 aromatic carbocycles. The van der Waals surface area contributed by atoms with Crippen molar-refractivity contribution < 1.29 is 27.9 Å². The number of ketones is 2. The van der Waals surface area contributed by atoms with E-state index in [-0.39, 0.29) is 34.6 Å². The van der Waals surface area contributed by atoms with Crippen LogP contribution < -0.4 is 0 Å². The number of fused-ring (bicyclic) bond motifs is 4. The summed E-state index contributed by atoms with van der Waals surface area (Å²) < 4.78 is 25.6. The predicted octanol–water partition coefficient (Wildman–Crippen LogP) is 6.55. The summed E-state index contributed by atoms with van der Waals surface area (Å²) in [7, 11) is -3.39. The number of hydrogen-bond acceptors (Lipinski definition) is 5. The van der Waals surface area contributed by atoms with E-state index >= 15 is 0 Å². The minimum Gasteiger partial charge on any atom is -0.481 e. The maximum Gasteiger partial charge on any atom is 0.309 e. The highest BCUT2D eigenvalue weighted by Crippen LogP contribution is 2.55. The Morgan fingerprint density at radius 1 is 1.15 bits per heavy atom. The predicted molar refractivity (Wildman–Crippen MR) is 155 cm³/mol. The van der Waals surface area contributed by atoms with Crippen molar-refractivity contribution in [2.24, 2.45) is 34.5 Å². The zero-order chi connectivity index (χ0) is 29.4. The van der Waals surface area contributed by atoms with Gasteiger partial charge in [0.2, 0.25) is 0 Å². The third-order valence-electron chi connectivity index (χ3n) is 10.9. The Kier molecular flexibility index (Phi) is 7.08. The zero-order valence-corrected chi connectivity index (χ0v) is 25.2. The molecule has 7 heteroatoms. The van der Waals surface area contributed by atoms with Crippen molar-refractivity contribution in [2.45, 2.75) is 85.5 Å². The molecule has 216 valence electrons. The van der Waals surface area contributed by atoms with E-state index in [1.54, 1.807) is 6.92 Å². The molecule has 5 rings (SSSR count). The monoisotopic (exact) mass is 566 g/mol. The normalized spacial score (nSPS) is 34.9. The van der Waals surface area contributed by atoms with Crippen LogP contribution in [0.3, 0.4) is 0 Å². The first-order chi connectivity index (χ1) is 18.7. The van der Waals surface area contributed by atoms with Crippen LogP contribution >= 0.6 is 0 Å². The maximum atomic E-state index is 14.2. The summed E-state index contributed by atoms with van der Waals surface area (Å²) in [6.07, 6.45) is 5.93. The lowest BCUT2D eigenvalue weighted by molar-refractivity contribution is -0.158. The molecule has 4 aliphatic rings. The highest BCUT2D eigenvalue weighted by atomic mass is 32.2. The van der Waals surface area contributed by atoms with Crippen LogP contribution in [0.4, 0.5) is 0 Å². The SMILES string of the molecule is C=CC1(C)CCCC(C)(C(=O)O)C1CCc1cc(C(C)C)cc2c1C(=O)C1CC(C)=C3C(CCS3(=O)=O)C1C2=O. The van der Waals surface area contributed by atoms with Gasteiger partial charge in [0.25, 0.3) is 0 Å². The molecule has 0 aromatic heterocycles. The van der Waals surface area contributed by atoms with Crippen LogP contribution in [-0.2, 0) is 21.1 Å². The number of Topliss-reactive ketones (excluding diaryl/α,β-unsaturated/α-hetero) is 2. The van der Waals surface area contributed by atoms with Gasteiger partial charge in [0.15, 0.2) is 21.4 Å². The summed E-state index contributed by atoms with van der Waals surface area (Å²) >= 11 is 0. The number of rotatable bonds is 6. The van der Waals surface area contributed by atoms with Gasteiger partial charge in [-0.1, -0.05) is 44.9 Å². The van der Waals surface area contributed by atoms with Gasteiger partial charge in [0.05, 0.1) is 11.2 Å². The third kappa shape index (κ3) is 4.26. The molecule has 2 fully saturated rings. The fourth-order valence-corrected chi connectivity index (χ4v) is 10.7. The van der Waals surface area contributed by atoms with Crippen LogP contribution in [0.15, 0.2) is 35.3 Å². The molecule has 1 saturated carbocycles. The molecule has 0 spiro atoms. The lowest BCUT2D eigenvalue weighted by Gasteiger charge is -2.49. The zero-order valence-electron chi connectivity index (χ0n) is 24.4. The second-order valence-corrected chi connectivity index (χ2v) is 15.6. The van der Waals surface area contributed by atoms with Gasteiger partial charge in [0.1, 0.15) is 0 Å². The summed E-state index contributed by atoms with van der Waals surface area (Å²) in [5.74, 6) is -2.61. The number of aliphatic carboxylic acids is 1. The molecule has 1 heterocycles. The number of allylic oxidation sites excluding steroid dienone is 3. The number of aryl methyl sites for hydroxylation is 1. The van der Waals surface area contributed by atoms with E-state index in [4.69, 9.17) is 0 Å². The van der Waals surface area contributed by atoms with Crippen molar-refractivity contribution in [3.8, 4) is 0 Å². The Bertz CT molecular complexity index is 1450. The van der Waals surface area contributed by atoms with Gasteiger partial charge in [-0.2, -0.15) is 0 Å². The molecule has 6 unspecified atom stereocenters. The first-order valence-corrected chi connectivity index (χ1v) is 16.4. The average Bonchev–Trinajstić information content (AvgIpc) is 3.21. The molecular formula is C33H42O6S. The Morgan fingerprint density at radius 3 is 2.48 bits per heavy atom. The van der Waals surface area contributed by atoms with Crippen molar-refractivity contribution in [3.63, 3.8) is 0 Å². The van der Waals surface area contributed by atoms with Crippen molar-refractivity contribution in [1.82, 2.24) is 0 Å². The quantitative estimate of drug-likeness (QED) is 0.392. The van der Waals surface area contributed by atoms with Gasteiger partial charge in [0, 0.05) is 33.8 Å². The van der Waals surface area contributed by atoms with E-state index in [9.17, 15) is 27.9 Å². The second kappa shape index (κ2) is 9.78. The first-order valence-electron chi connectivity index (χ1n) is 14.7. The number of hydrogen-bond donors (Lipinski definition) is 1. The topological polar surface area (TPSA) is 106 Å². The molecule has 0 radical (unpaired) electrons. The van der Waals surface area contributed by atoms with Crippen LogP contribution in [0.2, 0.25) is 0 Å². The lowest BCUT2D eigenvalue weighted by Crippen LogP contribution is -2.47.